The molecule has 5 aromatic rings. The lowest BCUT2D eigenvalue weighted by molar-refractivity contribution is -0.137. The lowest BCUT2D eigenvalue weighted by atomic mass is 10.00. The van der Waals surface area contributed by atoms with Gasteiger partial charge < -0.3 is 9.84 Å². The molecule has 2 aromatic carbocycles. The first-order valence-corrected chi connectivity index (χ1v) is 10.7. The fourth-order valence-corrected chi connectivity index (χ4v) is 4.51. The number of carboxylic acids is 1. The average Bonchev–Trinajstić information content (AvgIpc) is 3.37. The van der Waals surface area contributed by atoms with E-state index in [1.807, 2.05) is 0 Å². The van der Waals surface area contributed by atoms with Gasteiger partial charge in [0.1, 0.15) is 24.2 Å². The first-order chi connectivity index (χ1) is 16.9. The molecule has 3 aromatic heterocycles. The molecule has 1 aliphatic heterocycles. The van der Waals surface area contributed by atoms with Gasteiger partial charge in [0.05, 0.1) is 29.9 Å². The Morgan fingerprint density at radius 1 is 1.17 bits per heavy atom. The Kier molecular flexibility index (Phi) is 4.62. The van der Waals surface area contributed by atoms with Gasteiger partial charge in [0.2, 0.25) is 5.95 Å². The standard InChI is InChI=1S/C23H16F2N6O4/c24-12-4-5-15-17(8-12)30(11-27-15)22-26-9-18-21(28-22)31(23(34)29(18)10-19(32)33)16-6-7-35-20-13(16)2-1-3-14(20)25/h1-5,8-9,11,16H,6-7,10H2,(H,32,33). The van der Waals surface area contributed by atoms with Gasteiger partial charge in [-0.2, -0.15) is 4.98 Å². The maximum Gasteiger partial charge on any atom is 0.331 e. The third-order valence-electron chi connectivity index (χ3n) is 6.02. The molecule has 1 unspecified atom stereocenters. The third kappa shape index (κ3) is 3.25. The van der Waals surface area contributed by atoms with Crippen LogP contribution in [0.25, 0.3) is 28.1 Å². The van der Waals surface area contributed by atoms with E-state index in [9.17, 15) is 23.5 Å². The molecule has 4 heterocycles. The SMILES string of the molecule is O=C(O)Cn1c(=O)n(C2CCOc3c(F)cccc32)c2nc(-n3cnc4ccc(F)cc43)ncc21. The summed E-state index contributed by atoms with van der Waals surface area (Å²) in [4.78, 5) is 38.1. The van der Waals surface area contributed by atoms with E-state index in [4.69, 9.17) is 4.74 Å². The van der Waals surface area contributed by atoms with Gasteiger partial charge in [0.15, 0.2) is 17.2 Å². The van der Waals surface area contributed by atoms with Gasteiger partial charge >= 0.3 is 11.7 Å². The third-order valence-corrected chi connectivity index (χ3v) is 6.02. The smallest absolute Gasteiger partial charge is 0.331 e. The van der Waals surface area contributed by atoms with E-state index in [-0.39, 0.29) is 29.5 Å². The fourth-order valence-electron chi connectivity index (χ4n) is 4.51. The Morgan fingerprint density at radius 2 is 2.03 bits per heavy atom. The second kappa shape index (κ2) is 7.72. The molecule has 35 heavy (non-hydrogen) atoms. The van der Waals surface area contributed by atoms with Crippen molar-refractivity contribution in [3.05, 3.63) is 76.6 Å². The number of carbonyl (C=O) groups is 1. The molecule has 0 radical (unpaired) electrons. The highest BCUT2D eigenvalue weighted by atomic mass is 19.1. The molecule has 12 heteroatoms. The van der Waals surface area contributed by atoms with E-state index in [2.05, 4.69) is 15.0 Å². The van der Waals surface area contributed by atoms with Gasteiger partial charge in [0, 0.05) is 18.1 Å². The first kappa shape index (κ1) is 21.0. The van der Waals surface area contributed by atoms with Crippen LogP contribution in [0.1, 0.15) is 18.0 Å². The van der Waals surface area contributed by atoms with E-state index < -0.39 is 35.9 Å². The van der Waals surface area contributed by atoms with Crippen molar-refractivity contribution in [2.24, 2.45) is 0 Å². The number of benzene rings is 2. The number of ether oxygens (including phenoxy) is 1. The molecule has 1 atom stereocenters. The van der Waals surface area contributed by atoms with Crippen LogP contribution >= 0.6 is 0 Å². The van der Waals surface area contributed by atoms with Crippen LogP contribution in [0.4, 0.5) is 8.78 Å². The van der Waals surface area contributed by atoms with Gasteiger partial charge in [-0.05, 0) is 18.2 Å². The van der Waals surface area contributed by atoms with Gasteiger partial charge in [-0.3, -0.25) is 18.5 Å². The molecule has 0 bridgehead atoms. The van der Waals surface area contributed by atoms with Crippen LogP contribution in [-0.2, 0) is 11.3 Å². The average molecular weight is 478 g/mol. The van der Waals surface area contributed by atoms with Gasteiger partial charge in [-0.1, -0.05) is 12.1 Å². The van der Waals surface area contributed by atoms with Crippen molar-refractivity contribution < 1.29 is 23.4 Å². The predicted molar refractivity (Wildman–Crippen MR) is 119 cm³/mol. The zero-order valence-electron chi connectivity index (χ0n) is 17.9. The monoisotopic (exact) mass is 478 g/mol. The van der Waals surface area contributed by atoms with E-state index in [0.29, 0.717) is 23.0 Å². The Bertz CT molecular complexity index is 1710. The first-order valence-electron chi connectivity index (χ1n) is 10.7. The molecular formula is C23H16F2N6O4. The number of hydrogen-bond acceptors (Lipinski definition) is 6. The molecule has 10 nitrogen and oxygen atoms in total. The maximum atomic E-state index is 14.4. The number of rotatable bonds is 4. The summed E-state index contributed by atoms with van der Waals surface area (Å²) < 4.78 is 37.7. The number of para-hydroxylation sites is 1. The molecule has 1 N–H and O–H groups in total. The topological polar surface area (TPSA) is 117 Å². The summed E-state index contributed by atoms with van der Waals surface area (Å²) in [6, 6.07) is 7.88. The van der Waals surface area contributed by atoms with E-state index >= 15 is 0 Å². The summed E-state index contributed by atoms with van der Waals surface area (Å²) in [6.07, 6.45) is 3.11. The summed E-state index contributed by atoms with van der Waals surface area (Å²) >= 11 is 0. The fraction of sp³-hybridized carbons (Fsp3) is 0.174. The Balaban J connectivity index is 1.62. The normalized spacial score (nSPS) is 15.3. The van der Waals surface area contributed by atoms with Crippen LogP contribution in [0.2, 0.25) is 0 Å². The van der Waals surface area contributed by atoms with E-state index in [1.165, 1.54) is 52.0 Å². The number of nitrogens with zero attached hydrogens (tertiary/aromatic N) is 6. The second-order valence-corrected chi connectivity index (χ2v) is 8.07. The number of fused-ring (bicyclic) bond motifs is 3. The quantitative estimate of drug-likeness (QED) is 0.422. The van der Waals surface area contributed by atoms with Crippen molar-refractivity contribution in [2.75, 3.05) is 6.61 Å². The van der Waals surface area contributed by atoms with Crippen LogP contribution in [0.15, 0.2) is 53.7 Å². The van der Waals surface area contributed by atoms with Crippen molar-refractivity contribution in [2.45, 2.75) is 19.0 Å². The zero-order valence-corrected chi connectivity index (χ0v) is 17.9. The van der Waals surface area contributed by atoms with Gasteiger partial charge in [0.25, 0.3) is 0 Å². The highest BCUT2D eigenvalue weighted by Gasteiger charge is 2.30. The number of imidazole rings is 2. The molecule has 0 spiro atoms. The van der Waals surface area contributed by atoms with Crippen molar-refractivity contribution in [1.29, 1.82) is 0 Å². The number of carboxylic acid groups (broad SMARTS) is 1. The van der Waals surface area contributed by atoms with Gasteiger partial charge in [-0.15, -0.1) is 0 Å². The lowest BCUT2D eigenvalue weighted by Crippen LogP contribution is -2.32. The molecular weight excluding hydrogens is 462 g/mol. The Hall–Kier alpha value is -4.61. The minimum absolute atomic E-state index is 0.0418. The maximum absolute atomic E-state index is 14.4. The molecule has 0 saturated carbocycles. The van der Waals surface area contributed by atoms with Crippen molar-refractivity contribution in [3.8, 4) is 11.7 Å². The molecule has 176 valence electrons. The van der Waals surface area contributed by atoms with Crippen LogP contribution in [0, 0.1) is 11.6 Å². The van der Waals surface area contributed by atoms with E-state index in [1.54, 1.807) is 6.07 Å². The van der Waals surface area contributed by atoms with Crippen LogP contribution in [-0.4, -0.2) is 46.3 Å². The highest BCUT2D eigenvalue weighted by molar-refractivity contribution is 5.78. The molecule has 0 fully saturated rings. The number of hydrogen-bond donors (Lipinski definition) is 1. The van der Waals surface area contributed by atoms with E-state index in [0.717, 1.165) is 4.57 Å². The van der Waals surface area contributed by atoms with Gasteiger partial charge in [-0.25, -0.2) is 23.5 Å². The summed E-state index contributed by atoms with van der Waals surface area (Å²) in [5, 5.41) is 9.39. The van der Waals surface area contributed by atoms with Crippen molar-refractivity contribution >= 4 is 28.2 Å². The van der Waals surface area contributed by atoms with Crippen molar-refractivity contribution in [1.82, 2.24) is 28.7 Å². The zero-order chi connectivity index (χ0) is 24.3. The minimum Gasteiger partial charge on any atom is -0.490 e. The second-order valence-electron chi connectivity index (χ2n) is 8.07. The molecule has 0 saturated heterocycles. The molecule has 0 amide bonds. The highest BCUT2D eigenvalue weighted by Crippen LogP contribution is 2.37. The van der Waals surface area contributed by atoms with Crippen molar-refractivity contribution in [3.63, 3.8) is 0 Å². The largest absolute Gasteiger partial charge is 0.490 e. The Labute approximate surface area is 194 Å². The van der Waals surface area contributed by atoms with Crippen LogP contribution < -0.4 is 10.4 Å². The summed E-state index contributed by atoms with van der Waals surface area (Å²) in [5.41, 5.74) is 1.11. The predicted octanol–water partition coefficient (Wildman–Crippen LogP) is 2.67. The van der Waals surface area contributed by atoms with Crippen LogP contribution in [0.3, 0.4) is 0 Å². The molecule has 1 aliphatic rings. The Morgan fingerprint density at radius 3 is 2.86 bits per heavy atom. The lowest BCUT2D eigenvalue weighted by Gasteiger charge is -2.26. The van der Waals surface area contributed by atoms with Crippen LogP contribution in [0.5, 0.6) is 5.75 Å². The summed E-state index contributed by atoms with van der Waals surface area (Å²) in [5.74, 6) is -2.09. The molecule has 0 aliphatic carbocycles. The minimum atomic E-state index is -1.22. The number of halogens is 2. The summed E-state index contributed by atoms with van der Waals surface area (Å²) in [7, 11) is 0. The molecule has 6 rings (SSSR count). The summed E-state index contributed by atoms with van der Waals surface area (Å²) in [6.45, 7) is -0.455. The number of aliphatic carboxylic acids is 1. The number of aromatic nitrogens is 6.